The van der Waals surface area contributed by atoms with E-state index >= 15 is 0 Å². The highest BCUT2D eigenvalue weighted by Crippen LogP contribution is 2.17. The largest absolute Gasteiger partial charge is 0.350 e. The molecule has 0 fully saturated rings. The Bertz CT molecular complexity index is 680. The lowest BCUT2D eigenvalue weighted by Crippen LogP contribution is -2.35. The fourth-order valence-electron chi connectivity index (χ4n) is 2.38. The summed E-state index contributed by atoms with van der Waals surface area (Å²) in [6, 6.07) is 4.20. The minimum atomic E-state index is -0.465. The second-order valence-electron chi connectivity index (χ2n) is 5.23. The number of hydrogen-bond acceptors (Lipinski definition) is 4. The highest BCUT2D eigenvalue weighted by molar-refractivity contribution is 7.97. The molecule has 0 saturated heterocycles. The van der Waals surface area contributed by atoms with E-state index in [1.54, 1.807) is 49.0 Å². The van der Waals surface area contributed by atoms with Crippen LogP contribution in [0.5, 0.6) is 0 Å². The molecule has 0 aliphatic heterocycles. The summed E-state index contributed by atoms with van der Waals surface area (Å²) >= 11 is 1.62. The van der Waals surface area contributed by atoms with Crippen molar-refractivity contribution in [3.8, 4) is 0 Å². The predicted molar refractivity (Wildman–Crippen MR) is 97.7 cm³/mol. The predicted octanol–water partition coefficient (Wildman–Crippen LogP) is 2.42. The second-order valence-corrected chi connectivity index (χ2v) is 6.10. The first kappa shape index (κ1) is 20.5. The summed E-state index contributed by atoms with van der Waals surface area (Å²) in [7, 11) is 3.54. The maximum absolute atomic E-state index is 13.4. The average Bonchev–Trinajstić information content (AvgIpc) is 2.94. The summed E-state index contributed by atoms with van der Waals surface area (Å²) in [5, 5.41) is 9.98. The van der Waals surface area contributed by atoms with Gasteiger partial charge in [0.1, 0.15) is 11.9 Å². The number of aryl methyl sites for hydroxylation is 1. The van der Waals surface area contributed by atoms with Gasteiger partial charge in [-0.05, 0) is 36.6 Å². The van der Waals surface area contributed by atoms with Gasteiger partial charge in [0.05, 0.1) is 6.20 Å². The van der Waals surface area contributed by atoms with E-state index in [1.165, 1.54) is 12.1 Å². The second kappa shape index (κ2) is 9.66. The Kier molecular flexibility index (Phi) is 8.24. The molecular weight excluding hydrogens is 351 g/mol. The molecule has 1 amide bonds. The van der Waals surface area contributed by atoms with Crippen LogP contribution in [0, 0.1) is 5.82 Å². The monoisotopic (exact) mass is 372 g/mol. The number of amides is 1. The summed E-state index contributed by atoms with van der Waals surface area (Å²) in [6.45, 7) is 0.369. The van der Waals surface area contributed by atoms with Crippen molar-refractivity contribution in [3.63, 3.8) is 0 Å². The van der Waals surface area contributed by atoms with Gasteiger partial charge >= 0.3 is 0 Å². The van der Waals surface area contributed by atoms with Crippen molar-refractivity contribution in [1.82, 2.24) is 20.4 Å². The number of carbonyl (C=O) groups is 1. The highest BCUT2D eigenvalue weighted by Gasteiger charge is 2.20. The number of thioether (sulfide) groups is 1. The Morgan fingerprint density at radius 1 is 1.42 bits per heavy atom. The topological polar surface area (TPSA) is 59.0 Å². The molecule has 1 aromatic carbocycles. The molecule has 0 aliphatic rings. The fourth-order valence-corrected chi connectivity index (χ4v) is 2.96. The zero-order valence-electron chi connectivity index (χ0n) is 13.9. The third-order valence-electron chi connectivity index (χ3n) is 3.53. The quantitative estimate of drug-likeness (QED) is 0.783. The van der Waals surface area contributed by atoms with Crippen molar-refractivity contribution < 1.29 is 9.18 Å². The number of likely N-dealkylation sites (N-methyl/N-ethyl adjacent to an activating group) is 1. The molecule has 1 aromatic heterocycles. The van der Waals surface area contributed by atoms with E-state index in [0.717, 1.165) is 16.7 Å². The maximum Gasteiger partial charge on any atom is 0.242 e. The van der Waals surface area contributed by atoms with E-state index in [-0.39, 0.29) is 24.1 Å². The van der Waals surface area contributed by atoms with Gasteiger partial charge in [0, 0.05) is 31.1 Å². The van der Waals surface area contributed by atoms with Gasteiger partial charge < -0.3 is 10.6 Å². The Labute approximate surface area is 151 Å². The van der Waals surface area contributed by atoms with Crippen LogP contribution in [0.4, 0.5) is 4.39 Å². The highest BCUT2D eigenvalue weighted by atomic mass is 35.5. The van der Waals surface area contributed by atoms with Gasteiger partial charge in [0.2, 0.25) is 5.91 Å². The Balaban J connectivity index is 0.00000288. The van der Waals surface area contributed by atoms with Gasteiger partial charge in [0.25, 0.3) is 0 Å². The molecule has 1 unspecified atom stereocenters. The Morgan fingerprint density at radius 2 is 2.17 bits per heavy atom. The summed E-state index contributed by atoms with van der Waals surface area (Å²) in [4.78, 5) is 12.4. The molecular formula is C16H22ClFN4OS. The Morgan fingerprint density at radius 3 is 2.75 bits per heavy atom. The molecule has 0 spiro atoms. The van der Waals surface area contributed by atoms with Crippen molar-refractivity contribution in [1.29, 1.82) is 0 Å². The van der Waals surface area contributed by atoms with Gasteiger partial charge in [-0.1, -0.05) is 6.07 Å². The molecule has 0 saturated carbocycles. The van der Waals surface area contributed by atoms with E-state index in [2.05, 4.69) is 15.7 Å². The van der Waals surface area contributed by atoms with Crippen molar-refractivity contribution >= 4 is 30.1 Å². The lowest BCUT2D eigenvalue weighted by atomic mass is 10.1. The number of benzene rings is 1. The maximum atomic E-state index is 13.4. The first-order valence-corrected chi connectivity index (χ1v) is 8.64. The molecule has 24 heavy (non-hydrogen) atoms. The van der Waals surface area contributed by atoms with E-state index in [1.807, 2.05) is 6.26 Å². The molecule has 0 aliphatic carbocycles. The zero-order chi connectivity index (χ0) is 16.8. The minimum Gasteiger partial charge on any atom is -0.350 e. The van der Waals surface area contributed by atoms with Crippen molar-refractivity contribution in [3.05, 3.63) is 53.1 Å². The molecule has 1 heterocycles. The standard InChI is InChI=1S/C16H21FN4OS.ClH/c1-18-15(13-8-20-21(2)9-13)16(22)19-7-11-4-5-14(17)6-12(11)10-23-3;/h4-6,8-9,15,18H,7,10H2,1-3H3,(H,19,22);1H. The molecule has 8 heteroatoms. The van der Waals surface area contributed by atoms with Gasteiger partial charge in [0.15, 0.2) is 0 Å². The van der Waals surface area contributed by atoms with Crippen molar-refractivity contribution in [2.24, 2.45) is 7.05 Å². The summed E-state index contributed by atoms with van der Waals surface area (Å²) in [5.74, 6) is 0.314. The first-order valence-electron chi connectivity index (χ1n) is 7.25. The average molecular weight is 373 g/mol. The smallest absolute Gasteiger partial charge is 0.242 e. The lowest BCUT2D eigenvalue weighted by Gasteiger charge is -2.16. The molecule has 0 radical (unpaired) electrons. The van der Waals surface area contributed by atoms with Crippen molar-refractivity contribution in [2.45, 2.75) is 18.3 Å². The normalized spacial score (nSPS) is 11.7. The van der Waals surface area contributed by atoms with Crippen LogP contribution in [0.2, 0.25) is 0 Å². The lowest BCUT2D eigenvalue weighted by molar-refractivity contribution is -0.123. The SMILES string of the molecule is CNC(C(=O)NCc1ccc(F)cc1CSC)c1cnn(C)c1.Cl. The van der Waals surface area contributed by atoms with Gasteiger partial charge in [-0.2, -0.15) is 16.9 Å². The van der Waals surface area contributed by atoms with E-state index < -0.39 is 6.04 Å². The summed E-state index contributed by atoms with van der Waals surface area (Å²) in [6.07, 6.45) is 5.43. The molecule has 2 aromatic rings. The third kappa shape index (κ3) is 5.22. The van der Waals surface area contributed by atoms with Crippen LogP contribution in [-0.2, 0) is 24.1 Å². The number of hydrogen-bond donors (Lipinski definition) is 2. The van der Waals surface area contributed by atoms with Crippen LogP contribution in [0.15, 0.2) is 30.6 Å². The van der Waals surface area contributed by atoms with E-state index in [9.17, 15) is 9.18 Å². The number of halogens is 2. The van der Waals surface area contributed by atoms with Crippen LogP contribution in [-0.4, -0.2) is 29.0 Å². The zero-order valence-corrected chi connectivity index (χ0v) is 15.5. The van der Waals surface area contributed by atoms with Gasteiger partial charge in [-0.25, -0.2) is 4.39 Å². The Hall–Kier alpha value is -1.57. The molecule has 132 valence electrons. The van der Waals surface area contributed by atoms with Crippen molar-refractivity contribution in [2.75, 3.05) is 13.3 Å². The molecule has 2 N–H and O–H groups in total. The van der Waals surface area contributed by atoms with E-state index in [4.69, 9.17) is 0 Å². The number of carbonyl (C=O) groups excluding carboxylic acids is 1. The number of aromatic nitrogens is 2. The van der Waals surface area contributed by atoms with Gasteiger partial charge in [-0.3, -0.25) is 9.48 Å². The molecule has 1 atom stereocenters. The van der Waals surface area contributed by atoms with E-state index in [0.29, 0.717) is 12.3 Å². The number of nitrogens with zero attached hydrogens (tertiary/aromatic N) is 2. The van der Waals surface area contributed by atoms with Crippen LogP contribution in [0.3, 0.4) is 0 Å². The van der Waals surface area contributed by atoms with Crippen LogP contribution >= 0.6 is 24.2 Å². The molecule has 5 nitrogen and oxygen atoms in total. The first-order chi connectivity index (χ1) is 11.0. The molecule has 0 bridgehead atoms. The summed E-state index contributed by atoms with van der Waals surface area (Å²) < 4.78 is 15.0. The van der Waals surface area contributed by atoms with Crippen LogP contribution in [0.25, 0.3) is 0 Å². The van der Waals surface area contributed by atoms with Crippen LogP contribution < -0.4 is 10.6 Å². The fraction of sp³-hybridized carbons (Fsp3) is 0.375. The summed E-state index contributed by atoms with van der Waals surface area (Å²) in [5.41, 5.74) is 2.63. The third-order valence-corrected chi connectivity index (χ3v) is 4.13. The van der Waals surface area contributed by atoms with Crippen LogP contribution in [0.1, 0.15) is 22.7 Å². The van der Waals surface area contributed by atoms with Gasteiger partial charge in [-0.15, -0.1) is 12.4 Å². The number of nitrogens with one attached hydrogen (secondary N) is 2. The minimum absolute atomic E-state index is 0. The number of rotatable bonds is 7. The molecule has 2 rings (SSSR count).